The first-order valence-electron chi connectivity index (χ1n) is 19.4. The number of aromatic nitrogens is 2. The molecule has 0 amide bonds. The van der Waals surface area contributed by atoms with E-state index in [2.05, 4.69) is 97.0 Å². The third-order valence-corrected chi connectivity index (χ3v) is 13.8. The summed E-state index contributed by atoms with van der Waals surface area (Å²) in [6, 6.07) is 19.5. The number of hydrogen-bond donors (Lipinski definition) is 1. The minimum Gasteiger partial charge on any atom is -0.512 e. The van der Waals surface area contributed by atoms with Crippen LogP contribution in [-0.2, 0) is 41.1 Å². The van der Waals surface area contributed by atoms with Crippen molar-refractivity contribution < 1.29 is 30.0 Å². The van der Waals surface area contributed by atoms with Gasteiger partial charge in [-0.3, -0.25) is 9.78 Å². The van der Waals surface area contributed by atoms with E-state index in [9.17, 15) is 9.90 Å². The van der Waals surface area contributed by atoms with Gasteiger partial charge in [-0.1, -0.05) is 119 Å². The summed E-state index contributed by atoms with van der Waals surface area (Å²) in [7, 11) is 0. The molecule has 0 spiro atoms. The molecule has 4 nitrogen and oxygen atoms in total. The smallest absolute Gasteiger partial charge is 0.164 e. The zero-order valence-corrected chi connectivity index (χ0v) is 37.6. The van der Waals surface area contributed by atoms with Crippen LogP contribution in [0.4, 0.5) is 0 Å². The number of benzene rings is 3. The van der Waals surface area contributed by atoms with E-state index in [1.807, 2.05) is 52.9 Å². The molecule has 53 heavy (non-hydrogen) atoms. The number of aliphatic hydroxyl groups excluding tert-OH is 1. The van der Waals surface area contributed by atoms with Crippen LogP contribution < -0.4 is 0 Å². The molecule has 1 N–H and O–H groups in total. The number of carbonyl (C=O) groups excluding carboxylic acids is 1. The van der Waals surface area contributed by atoms with E-state index in [4.69, 9.17) is 9.97 Å². The monoisotopic (exact) mass is 910 g/mol. The standard InChI is InChI=1S/C32H33N2S.C15H28O2.Ir/c1-30(2,3)23-15-20(14-19-10-8-9-11-21(19)23)27-29-28(34-18-33-27)22-16-24-25(17-26(22)35-29)32(6,7)13-12-31(24,4)5;1-7-14(5,8-2)12(16)11-13(17)15(6,9-3)10-4;/h8-11,15-18H,12-13H2,1-7H3;11,16H,7-10H2,1-6H3;/q-1;;/b;12-11-;. The van der Waals surface area contributed by atoms with Crippen molar-refractivity contribution in [2.45, 2.75) is 145 Å². The Hall–Kier alpha value is -2.92. The summed E-state index contributed by atoms with van der Waals surface area (Å²) < 4.78 is 2.47. The molecule has 0 saturated heterocycles. The topological polar surface area (TPSA) is 63.1 Å². The van der Waals surface area contributed by atoms with Crippen molar-refractivity contribution in [2.75, 3.05) is 0 Å². The first-order valence-corrected chi connectivity index (χ1v) is 20.2. The van der Waals surface area contributed by atoms with E-state index in [1.165, 1.54) is 51.1 Å². The number of hydrogen-bond acceptors (Lipinski definition) is 5. The Balaban J connectivity index is 0.000000299. The van der Waals surface area contributed by atoms with Crippen LogP contribution >= 0.6 is 11.3 Å². The molecule has 5 aromatic rings. The zero-order chi connectivity index (χ0) is 38.4. The predicted molar refractivity (Wildman–Crippen MR) is 224 cm³/mol. The van der Waals surface area contributed by atoms with Crippen molar-refractivity contribution in [3.63, 3.8) is 0 Å². The van der Waals surface area contributed by atoms with Gasteiger partial charge in [0.25, 0.3) is 0 Å². The molecule has 287 valence electrons. The number of thiophene rings is 1. The van der Waals surface area contributed by atoms with Gasteiger partial charge in [0.2, 0.25) is 0 Å². The summed E-state index contributed by atoms with van der Waals surface area (Å²) in [6.45, 7) is 28.5. The number of ketones is 1. The average molecular weight is 910 g/mol. The summed E-state index contributed by atoms with van der Waals surface area (Å²) in [4.78, 5) is 21.8. The van der Waals surface area contributed by atoms with E-state index in [1.54, 1.807) is 6.33 Å². The normalized spacial score (nSPS) is 15.8. The molecule has 0 bridgehead atoms. The van der Waals surface area contributed by atoms with Gasteiger partial charge in [0.15, 0.2) is 5.78 Å². The first kappa shape index (κ1) is 42.8. The van der Waals surface area contributed by atoms with Crippen LogP contribution in [0, 0.1) is 16.9 Å². The van der Waals surface area contributed by atoms with Gasteiger partial charge in [-0.05, 0) is 78.0 Å². The summed E-state index contributed by atoms with van der Waals surface area (Å²) in [6.07, 6.45) is 8.92. The molecule has 6 rings (SSSR count). The number of allylic oxidation sites excluding steroid dienone is 2. The maximum atomic E-state index is 12.2. The van der Waals surface area contributed by atoms with E-state index in [0.29, 0.717) is 0 Å². The summed E-state index contributed by atoms with van der Waals surface area (Å²) in [5.74, 6) is 0.286. The molecule has 0 saturated carbocycles. The van der Waals surface area contributed by atoms with Crippen LogP contribution in [0.15, 0.2) is 60.6 Å². The van der Waals surface area contributed by atoms with Crippen LogP contribution in [-0.4, -0.2) is 20.9 Å². The number of carbonyl (C=O) groups is 1. The summed E-state index contributed by atoms with van der Waals surface area (Å²) >= 11 is 1.83. The maximum absolute atomic E-state index is 12.2. The molecular formula is C47H61IrN2O2S-. The van der Waals surface area contributed by atoms with Crippen molar-refractivity contribution in [3.05, 3.63) is 83.4 Å². The Labute approximate surface area is 336 Å². The van der Waals surface area contributed by atoms with Gasteiger partial charge in [-0.2, -0.15) is 0 Å². The van der Waals surface area contributed by atoms with Gasteiger partial charge in [0, 0.05) is 57.5 Å². The SMILES string of the molecule is CC(C)(C)c1cc(-c2ncnc3c2sc2cc4c(cc23)C(C)(C)CCC4(C)C)[c-]c2ccccc12.CCC(C)(CC)C(=O)/C=C(\O)C(C)(CC)CC.[Ir]. The Morgan fingerprint density at radius 3 is 1.96 bits per heavy atom. The Morgan fingerprint density at radius 2 is 1.40 bits per heavy atom. The second-order valence-corrected chi connectivity index (χ2v) is 19.0. The van der Waals surface area contributed by atoms with E-state index < -0.39 is 0 Å². The first-order chi connectivity index (χ1) is 24.2. The largest absolute Gasteiger partial charge is 0.512 e. The summed E-state index contributed by atoms with van der Waals surface area (Å²) in [5.41, 5.74) is 7.20. The van der Waals surface area contributed by atoms with Gasteiger partial charge < -0.3 is 5.11 Å². The van der Waals surface area contributed by atoms with Crippen LogP contribution in [0.2, 0.25) is 0 Å². The zero-order valence-electron chi connectivity index (χ0n) is 34.4. The molecule has 3 aromatic carbocycles. The summed E-state index contributed by atoms with van der Waals surface area (Å²) in [5, 5.41) is 13.8. The molecule has 1 aliphatic carbocycles. The van der Waals surface area contributed by atoms with Crippen LogP contribution in [0.1, 0.15) is 145 Å². The number of nitrogens with zero attached hydrogens (tertiary/aromatic N) is 2. The molecule has 2 heterocycles. The van der Waals surface area contributed by atoms with Crippen molar-refractivity contribution in [2.24, 2.45) is 10.8 Å². The molecule has 6 heteroatoms. The maximum Gasteiger partial charge on any atom is 0.164 e. The van der Waals surface area contributed by atoms with E-state index in [0.717, 1.165) is 52.5 Å². The van der Waals surface area contributed by atoms with Gasteiger partial charge in [-0.15, -0.1) is 40.5 Å². The molecular weight excluding hydrogens is 849 g/mol. The van der Waals surface area contributed by atoms with Crippen LogP contribution in [0.5, 0.6) is 0 Å². The number of rotatable bonds is 8. The second-order valence-electron chi connectivity index (χ2n) is 18.0. The number of aliphatic hydroxyl groups is 1. The van der Waals surface area contributed by atoms with E-state index >= 15 is 0 Å². The van der Waals surface area contributed by atoms with Crippen molar-refractivity contribution in [1.29, 1.82) is 0 Å². The quantitative estimate of drug-likeness (QED) is 0.0957. The molecule has 0 atom stereocenters. The Kier molecular flexibility index (Phi) is 12.7. The fourth-order valence-electron chi connectivity index (χ4n) is 7.49. The van der Waals surface area contributed by atoms with Crippen molar-refractivity contribution >= 4 is 48.2 Å². The minimum absolute atomic E-state index is 0. The van der Waals surface area contributed by atoms with Crippen LogP contribution in [0.25, 0.3) is 42.3 Å². The molecule has 0 aliphatic heterocycles. The fraction of sp³-hybridized carbons (Fsp3) is 0.511. The molecule has 0 unspecified atom stereocenters. The third-order valence-electron chi connectivity index (χ3n) is 12.7. The average Bonchev–Trinajstić information content (AvgIpc) is 3.49. The minimum atomic E-state index is -0.337. The third kappa shape index (κ3) is 8.21. The van der Waals surface area contributed by atoms with Gasteiger partial charge in [0.05, 0.1) is 5.52 Å². The van der Waals surface area contributed by atoms with E-state index in [-0.39, 0.29) is 58.7 Å². The van der Waals surface area contributed by atoms with Gasteiger partial charge in [0.1, 0.15) is 12.1 Å². The molecule has 2 aromatic heterocycles. The van der Waals surface area contributed by atoms with Crippen LogP contribution in [0.3, 0.4) is 0 Å². The fourth-order valence-corrected chi connectivity index (χ4v) is 8.67. The Morgan fingerprint density at radius 1 is 0.830 bits per heavy atom. The molecule has 1 aliphatic rings. The Bertz CT molecular complexity index is 2140. The predicted octanol–water partition coefficient (Wildman–Crippen LogP) is 13.8. The molecule has 1 radical (unpaired) electrons. The van der Waals surface area contributed by atoms with Gasteiger partial charge >= 0.3 is 0 Å². The van der Waals surface area contributed by atoms with Gasteiger partial charge in [-0.25, -0.2) is 4.98 Å². The van der Waals surface area contributed by atoms with Crippen molar-refractivity contribution in [3.8, 4) is 11.3 Å². The second kappa shape index (κ2) is 15.7. The van der Waals surface area contributed by atoms with Crippen molar-refractivity contribution in [1.82, 2.24) is 9.97 Å². The number of fused-ring (bicyclic) bond motifs is 5. The molecule has 0 fully saturated rings.